The number of carboxylic acid groups (broad SMARTS) is 2. The third-order valence-electron chi connectivity index (χ3n) is 6.01. The molecule has 0 aliphatic carbocycles. The maximum Gasteiger partial charge on any atom is 0.414 e. The van der Waals surface area contributed by atoms with Gasteiger partial charge in [0.05, 0.1) is 0 Å². The SMILES string of the molecule is CN(C)C1c2ccccc2C(=O)N1CCCN1CC=C(c2ccccc2)CC1.O=C(O)C(=O)O. The summed E-state index contributed by atoms with van der Waals surface area (Å²) in [6.45, 7) is 3.91. The number of aliphatic carboxylic acids is 2. The van der Waals surface area contributed by atoms with Crippen molar-refractivity contribution >= 4 is 23.4 Å². The molecule has 0 saturated carbocycles. The summed E-state index contributed by atoms with van der Waals surface area (Å²) in [5.74, 6) is -3.48. The van der Waals surface area contributed by atoms with Crippen molar-refractivity contribution < 1.29 is 24.6 Å². The highest BCUT2D eigenvalue weighted by molar-refractivity contribution is 6.27. The normalized spacial score (nSPS) is 17.6. The number of nitrogens with zero attached hydrogens (tertiary/aromatic N) is 3. The lowest BCUT2D eigenvalue weighted by Gasteiger charge is -2.32. The number of carbonyl (C=O) groups is 3. The highest BCUT2D eigenvalue weighted by atomic mass is 16.4. The van der Waals surface area contributed by atoms with Crippen molar-refractivity contribution in [1.82, 2.24) is 14.7 Å². The smallest absolute Gasteiger partial charge is 0.414 e. The maximum absolute atomic E-state index is 12.9. The lowest BCUT2D eigenvalue weighted by atomic mass is 9.99. The standard InChI is InChI=1S/C24H29N3O.C2H2O4/c1-25(2)23-21-11-6-7-12-22(21)24(28)27(23)16-8-15-26-17-13-20(14-18-26)19-9-4-3-5-10-19;3-1(4)2(5)6/h3-7,9-13,23H,8,14-18H2,1-2H3;(H,3,4)(H,5,6). The predicted octanol–water partition coefficient (Wildman–Crippen LogP) is 3.04. The van der Waals surface area contributed by atoms with E-state index in [0.717, 1.165) is 50.1 Å². The van der Waals surface area contributed by atoms with E-state index in [0.29, 0.717) is 0 Å². The van der Waals surface area contributed by atoms with Gasteiger partial charge in [-0.2, -0.15) is 0 Å². The highest BCUT2D eigenvalue weighted by Crippen LogP contribution is 2.34. The summed E-state index contributed by atoms with van der Waals surface area (Å²) >= 11 is 0. The molecule has 2 aliphatic rings. The quantitative estimate of drug-likeness (QED) is 0.633. The summed E-state index contributed by atoms with van der Waals surface area (Å²) in [5, 5.41) is 14.8. The van der Waals surface area contributed by atoms with Gasteiger partial charge in [0.25, 0.3) is 5.91 Å². The molecule has 4 rings (SSSR count). The molecule has 1 atom stereocenters. The molecular formula is C26H31N3O5. The van der Waals surface area contributed by atoms with Crippen molar-refractivity contribution in [2.45, 2.75) is 19.0 Å². The predicted molar refractivity (Wildman–Crippen MR) is 129 cm³/mol. The van der Waals surface area contributed by atoms with Crippen molar-refractivity contribution in [3.63, 3.8) is 0 Å². The minimum absolute atomic E-state index is 0.0506. The van der Waals surface area contributed by atoms with Crippen LogP contribution in [-0.2, 0) is 9.59 Å². The second-order valence-electron chi connectivity index (χ2n) is 8.53. The average Bonchev–Trinajstić information content (AvgIpc) is 3.12. The van der Waals surface area contributed by atoms with Crippen LogP contribution in [0.25, 0.3) is 5.57 Å². The van der Waals surface area contributed by atoms with Crippen LogP contribution < -0.4 is 0 Å². The van der Waals surface area contributed by atoms with Gasteiger partial charge in [0, 0.05) is 37.3 Å². The van der Waals surface area contributed by atoms with E-state index in [1.807, 2.05) is 37.2 Å². The molecule has 1 unspecified atom stereocenters. The number of rotatable bonds is 6. The molecule has 0 bridgehead atoms. The van der Waals surface area contributed by atoms with E-state index in [-0.39, 0.29) is 12.1 Å². The number of carbonyl (C=O) groups excluding carboxylic acids is 1. The first kappa shape index (κ1) is 25.1. The average molecular weight is 466 g/mol. The number of fused-ring (bicyclic) bond motifs is 1. The summed E-state index contributed by atoms with van der Waals surface area (Å²) in [6.07, 6.45) is 4.50. The fraction of sp³-hybridized carbons (Fsp3) is 0.346. The molecule has 0 saturated heterocycles. The van der Waals surface area contributed by atoms with E-state index in [2.05, 4.69) is 52.3 Å². The molecule has 34 heavy (non-hydrogen) atoms. The van der Waals surface area contributed by atoms with Crippen LogP contribution in [0.15, 0.2) is 60.7 Å². The van der Waals surface area contributed by atoms with Crippen molar-refractivity contribution in [1.29, 1.82) is 0 Å². The van der Waals surface area contributed by atoms with Crippen LogP contribution in [-0.4, -0.2) is 83.0 Å². The number of amides is 1. The monoisotopic (exact) mass is 465 g/mol. The molecule has 0 aromatic heterocycles. The fourth-order valence-electron chi connectivity index (χ4n) is 4.42. The first-order valence-electron chi connectivity index (χ1n) is 11.3. The number of benzene rings is 2. The zero-order valence-electron chi connectivity index (χ0n) is 19.6. The van der Waals surface area contributed by atoms with E-state index >= 15 is 0 Å². The van der Waals surface area contributed by atoms with Crippen LogP contribution >= 0.6 is 0 Å². The summed E-state index contributed by atoms with van der Waals surface area (Å²) in [7, 11) is 4.10. The largest absolute Gasteiger partial charge is 0.473 e. The molecule has 8 nitrogen and oxygen atoms in total. The van der Waals surface area contributed by atoms with Gasteiger partial charge in [0.2, 0.25) is 0 Å². The Bertz CT molecular complexity index is 1040. The Morgan fingerprint density at radius 1 is 0.971 bits per heavy atom. The molecule has 2 aliphatic heterocycles. The third kappa shape index (κ3) is 6.09. The van der Waals surface area contributed by atoms with Crippen LogP contribution in [0.2, 0.25) is 0 Å². The van der Waals surface area contributed by atoms with Gasteiger partial charge in [0.1, 0.15) is 6.17 Å². The van der Waals surface area contributed by atoms with Crippen LogP contribution in [0.5, 0.6) is 0 Å². The number of carboxylic acids is 2. The Morgan fingerprint density at radius 3 is 2.21 bits per heavy atom. The molecule has 0 spiro atoms. The van der Waals surface area contributed by atoms with Crippen molar-refractivity contribution in [2.24, 2.45) is 0 Å². The van der Waals surface area contributed by atoms with Gasteiger partial charge < -0.3 is 15.1 Å². The summed E-state index contributed by atoms with van der Waals surface area (Å²) in [5.41, 5.74) is 4.78. The molecular weight excluding hydrogens is 434 g/mol. The molecule has 180 valence electrons. The Kier molecular flexibility index (Phi) is 8.56. The lowest BCUT2D eigenvalue weighted by molar-refractivity contribution is -0.159. The lowest BCUT2D eigenvalue weighted by Crippen LogP contribution is -2.38. The Morgan fingerprint density at radius 2 is 1.62 bits per heavy atom. The molecule has 1 amide bonds. The Hall–Kier alpha value is -3.49. The highest BCUT2D eigenvalue weighted by Gasteiger charge is 2.37. The van der Waals surface area contributed by atoms with Crippen LogP contribution in [0.3, 0.4) is 0 Å². The van der Waals surface area contributed by atoms with E-state index in [9.17, 15) is 4.79 Å². The van der Waals surface area contributed by atoms with Crippen molar-refractivity contribution in [3.8, 4) is 0 Å². The zero-order valence-corrected chi connectivity index (χ0v) is 19.6. The van der Waals surface area contributed by atoms with E-state index in [1.165, 1.54) is 11.1 Å². The second-order valence-corrected chi connectivity index (χ2v) is 8.53. The molecule has 0 fully saturated rings. The van der Waals surface area contributed by atoms with Crippen LogP contribution in [0.1, 0.15) is 40.5 Å². The van der Waals surface area contributed by atoms with Gasteiger partial charge in [0.15, 0.2) is 0 Å². The second kappa shape index (κ2) is 11.6. The van der Waals surface area contributed by atoms with Crippen LogP contribution in [0, 0.1) is 0 Å². The number of hydrogen-bond donors (Lipinski definition) is 2. The minimum Gasteiger partial charge on any atom is -0.473 e. The first-order chi connectivity index (χ1) is 16.3. The topological polar surface area (TPSA) is 101 Å². The number of hydrogen-bond acceptors (Lipinski definition) is 5. The fourth-order valence-corrected chi connectivity index (χ4v) is 4.42. The third-order valence-corrected chi connectivity index (χ3v) is 6.01. The molecule has 8 heteroatoms. The van der Waals surface area contributed by atoms with Crippen LogP contribution in [0.4, 0.5) is 0 Å². The summed E-state index contributed by atoms with van der Waals surface area (Å²) in [6, 6.07) is 18.7. The molecule has 2 heterocycles. The minimum atomic E-state index is -1.82. The summed E-state index contributed by atoms with van der Waals surface area (Å²) < 4.78 is 0. The van der Waals surface area contributed by atoms with Gasteiger partial charge in [-0.3, -0.25) is 14.6 Å². The van der Waals surface area contributed by atoms with Gasteiger partial charge in [-0.15, -0.1) is 0 Å². The van der Waals surface area contributed by atoms with Gasteiger partial charge in [-0.25, -0.2) is 9.59 Å². The Balaban J connectivity index is 0.000000481. The molecule has 2 N–H and O–H groups in total. The molecule has 2 aromatic carbocycles. The first-order valence-corrected chi connectivity index (χ1v) is 11.3. The van der Waals surface area contributed by atoms with Crippen molar-refractivity contribution in [2.75, 3.05) is 40.3 Å². The van der Waals surface area contributed by atoms with E-state index in [4.69, 9.17) is 19.8 Å². The van der Waals surface area contributed by atoms with Crippen molar-refractivity contribution in [3.05, 3.63) is 77.4 Å². The maximum atomic E-state index is 12.9. The zero-order chi connectivity index (χ0) is 24.7. The van der Waals surface area contributed by atoms with Gasteiger partial charge in [-0.05, 0) is 44.1 Å². The molecule has 2 aromatic rings. The van der Waals surface area contributed by atoms with E-state index in [1.54, 1.807) is 0 Å². The Labute approximate surface area is 199 Å². The molecule has 0 radical (unpaired) electrons. The van der Waals surface area contributed by atoms with E-state index < -0.39 is 11.9 Å². The van der Waals surface area contributed by atoms with Gasteiger partial charge in [-0.1, -0.05) is 54.6 Å². The van der Waals surface area contributed by atoms with Gasteiger partial charge >= 0.3 is 11.9 Å². The summed E-state index contributed by atoms with van der Waals surface area (Å²) in [4.78, 5) is 37.7.